The van der Waals surface area contributed by atoms with Gasteiger partial charge in [0.15, 0.2) is 0 Å². The van der Waals surface area contributed by atoms with Gasteiger partial charge < -0.3 is 20.3 Å². The summed E-state index contributed by atoms with van der Waals surface area (Å²) >= 11 is 7.63. The van der Waals surface area contributed by atoms with Crippen LogP contribution in [0.4, 0.5) is 11.4 Å². The molecule has 1 amide bonds. The van der Waals surface area contributed by atoms with Crippen molar-refractivity contribution in [1.29, 1.82) is 0 Å². The number of amides is 1. The number of methoxy groups -OCH3 is 1. The minimum absolute atomic E-state index is 0.0510. The van der Waals surface area contributed by atoms with E-state index in [0.717, 1.165) is 57.1 Å². The molecule has 8 heteroatoms. The number of aromatic nitrogens is 1. The van der Waals surface area contributed by atoms with Crippen LogP contribution in [0.2, 0.25) is 5.02 Å². The van der Waals surface area contributed by atoms with Crippen molar-refractivity contribution in [2.24, 2.45) is 0 Å². The van der Waals surface area contributed by atoms with Crippen LogP contribution in [0.3, 0.4) is 0 Å². The second kappa shape index (κ2) is 10.8. The Bertz CT molecular complexity index is 1690. The Balaban J connectivity index is 1.36. The topological polar surface area (TPSA) is 71.7 Å². The Hall–Kier alpha value is -4.07. The fourth-order valence-electron chi connectivity index (χ4n) is 5.25. The molecule has 40 heavy (non-hydrogen) atoms. The largest absolute Gasteiger partial charge is 0.497 e. The highest BCUT2D eigenvalue weighted by Gasteiger charge is 2.28. The highest BCUT2D eigenvalue weighted by molar-refractivity contribution is 7.21. The van der Waals surface area contributed by atoms with Crippen molar-refractivity contribution >= 4 is 50.4 Å². The van der Waals surface area contributed by atoms with Crippen LogP contribution in [0.1, 0.15) is 15.2 Å². The van der Waals surface area contributed by atoms with E-state index in [0.29, 0.717) is 28.7 Å². The number of nitrogens with two attached hydrogens (primary N) is 1. The summed E-state index contributed by atoms with van der Waals surface area (Å²) in [6.07, 6.45) is 0. The van der Waals surface area contributed by atoms with Gasteiger partial charge in [-0.2, -0.15) is 0 Å². The number of thiophene rings is 1. The van der Waals surface area contributed by atoms with Gasteiger partial charge in [0, 0.05) is 47.8 Å². The number of piperazine rings is 1. The van der Waals surface area contributed by atoms with Gasteiger partial charge in [-0.1, -0.05) is 60.1 Å². The molecule has 1 aliphatic rings. The third kappa shape index (κ3) is 4.87. The molecule has 2 N–H and O–H groups in total. The number of aryl methyl sites for hydroxylation is 1. The summed E-state index contributed by atoms with van der Waals surface area (Å²) in [4.78, 5) is 24.2. The lowest BCUT2D eigenvalue weighted by molar-refractivity contribution is 0.0752. The van der Waals surface area contributed by atoms with E-state index in [-0.39, 0.29) is 5.91 Å². The average molecular weight is 569 g/mol. The van der Waals surface area contributed by atoms with E-state index in [4.69, 9.17) is 27.1 Å². The molecule has 0 bridgehead atoms. The second-order valence-electron chi connectivity index (χ2n) is 9.88. The summed E-state index contributed by atoms with van der Waals surface area (Å²) < 4.78 is 5.36. The summed E-state index contributed by atoms with van der Waals surface area (Å²) in [5.74, 6) is 0.725. The van der Waals surface area contributed by atoms with E-state index >= 15 is 0 Å². The minimum Gasteiger partial charge on any atom is -0.497 e. The first-order chi connectivity index (χ1) is 19.4. The Morgan fingerprint density at radius 2 is 1.68 bits per heavy atom. The minimum atomic E-state index is -0.0510. The van der Waals surface area contributed by atoms with Gasteiger partial charge in [0.05, 0.1) is 18.5 Å². The fraction of sp³-hybridized carbons (Fsp3) is 0.188. The molecule has 2 aromatic heterocycles. The molecule has 202 valence electrons. The van der Waals surface area contributed by atoms with Crippen molar-refractivity contribution in [3.63, 3.8) is 0 Å². The van der Waals surface area contributed by atoms with Crippen LogP contribution >= 0.6 is 22.9 Å². The van der Waals surface area contributed by atoms with Gasteiger partial charge in [-0.15, -0.1) is 11.3 Å². The molecule has 3 aromatic carbocycles. The fourth-order valence-corrected chi connectivity index (χ4v) is 6.51. The first-order valence-electron chi connectivity index (χ1n) is 13.2. The summed E-state index contributed by atoms with van der Waals surface area (Å²) in [7, 11) is 1.65. The smallest absolute Gasteiger partial charge is 0.266 e. The van der Waals surface area contributed by atoms with Gasteiger partial charge in [-0.25, -0.2) is 4.98 Å². The van der Waals surface area contributed by atoms with E-state index in [1.165, 1.54) is 16.9 Å². The van der Waals surface area contributed by atoms with Gasteiger partial charge in [-0.3, -0.25) is 4.79 Å². The molecular weight excluding hydrogens is 540 g/mol. The maximum atomic E-state index is 13.8. The molecule has 6 rings (SSSR count). The van der Waals surface area contributed by atoms with Gasteiger partial charge >= 0.3 is 0 Å². The maximum absolute atomic E-state index is 13.8. The van der Waals surface area contributed by atoms with Gasteiger partial charge in [-0.05, 0) is 53.9 Å². The number of hydrogen-bond acceptors (Lipinski definition) is 6. The molecule has 1 fully saturated rings. The first kappa shape index (κ1) is 26.2. The molecule has 0 radical (unpaired) electrons. The number of carbonyl (C=O) groups excluding carboxylic acids is 1. The lowest BCUT2D eigenvalue weighted by atomic mass is 9.99. The zero-order chi connectivity index (χ0) is 27.8. The molecule has 5 aromatic rings. The number of nitrogen functional groups attached to an aromatic ring is 1. The number of fused-ring (bicyclic) bond motifs is 1. The standard InChI is InChI=1S/C32H29ClN4O2S/c1-20-8-11-23(33)18-27(20)36-14-16-37(17-15-36)32(38)30-29(34)28-25(21-9-12-24(39-2)13-10-21)19-26(35-31(28)40-30)22-6-4-3-5-7-22/h3-13,18-19H,14-17,34H2,1-2H3. The maximum Gasteiger partial charge on any atom is 0.266 e. The third-order valence-electron chi connectivity index (χ3n) is 7.44. The third-order valence-corrected chi connectivity index (χ3v) is 8.77. The van der Waals surface area contributed by atoms with Crippen molar-refractivity contribution in [3.8, 4) is 28.1 Å². The average Bonchev–Trinajstić information content (AvgIpc) is 3.34. The number of pyridine rings is 1. The zero-order valence-corrected chi connectivity index (χ0v) is 23.9. The van der Waals surface area contributed by atoms with Crippen LogP contribution < -0.4 is 15.4 Å². The number of rotatable bonds is 5. The van der Waals surface area contributed by atoms with Gasteiger partial charge in [0.1, 0.15) is 15.5 Å². The molecule has 0 spiro atoms. The Labute approximate surface area is 242 Å². The number of carbonyl (C=O) groups is 1. The number of halogens is 1. The van der Waals surface area contributed by atoms with Crippen LogP contribution in [0.5, 0.6) is 5.75 Å². The lowest BCUT2D eigenvalue weighted by Gasteiger charge is -2.36. The van der Waals surface area contributed by atoms with E-state index in [9.17, 15) is 4.79 Å². The van der Waals surface area contributed by atoms with Crippen LogP contribution in [-0.2, 0) is 0 Å². The van der Waals surface area contributed by atoms with Crippen LogP contribution in [0, 0.1) is 6.92 Å². The van der Waals surface area contributed by atoms with Crippen molar-refractivity contribution in [1.82, 2.24) is 9.88 Å². The molecule has 0 unspecified atom stereocenters. The highest BCUT2D eigenvalue weighted by Crippen LogP contribution is 2.42. The molecule has 0 aliphatic carbocycles. The normalized spacial score (nSPS) is 13.6. The summed E-state index contributed by atoms with van der Waals surface area (Å²) in [5.41, 5.74) is 13.3. The van der Waals surface area contributed by atoms with E-state index in [1.807, 2.05) is 77.7 Å². The van der Waals surface area contributed by atoms with E-state index < -0.39 is 0 Å². The predicted molar refractivity (Wildman–Crippen MR) is 166 cm³/mol. The molecule has 0 atom stereocenters. The lowest BCUT2D eigenvalue weighted by Crippen LogP contribution is -2.49. The molecule has 6 nitrogen and oxygen atoms in total. The molecular formula is C32H29ClN4O2S. The molecule has 3 heterocycles. The summed E-state index contributed by atoms with van der Waals surface area (Å²) in [6.45, 7) is 4.74. The Kier molecular flexibility index (Phi) is 7.09. The van der Waals surface area contributed by atoms with E-state index in [2.05, 4.69) is 17.9 Å². The van der Waals surface area contributed by atoms with Gasteiger partial charge in [0.25, 0.3) is 5.91 Å². The quantitative estimate of drug-likeness (QED) is 0.244. The summed E-state index contributed by atoms with van der Waals surface area (Å²) in [5, 5.41) is 1.53. The number of benzene rings is 3. The Morgan fingerprint density at radius 1 is 0.950 bits per heavy atom. The number of nitrogens with zero attached hydrogens (tertiary/aromatic N) is 3. The van der Waals surface area contributed by atoms with Crippen molar-refractivity contribution in [2.75, 3.05) is 43.9 Å². The molecule has 0 saturated carbocycles. The van der Waals surface area contributed by atoms with Crippen molar-refractivity contribution in [3.05, 3.63) is 94.3 Å². The van der Waals surface area contributed by atoms with Crippen LogP contribution in [0.15, 0.2) is 78.9 Å². The first-order valence-corrected chi connectivity index (χ1v) is 14.4. The van der Waals surface area contributed by atoms with Gasteiger partial charge in [0.2, 0.25) is 0 Å². The molecule has 1 saturated heterocycles. The highest BCUT2D eigenvalue weighted by atomic mass is 35.5. The number of hydrogen-bond donors (Lipinski definition) is 1. The SMILES string of the molecule is COc1ccc(-c2cc(-c3ccccc3)nc3sc(C(=O)N4CCN(c5cc(Cl)ccc5C)CC4)c(N)c23)cc1. The van der Waals surface area contributed by atoms with E-state index in [1.54, 1.807) is 7.11 Å². The van der Waals surface area contributed by atoms with Crippen LogP contribution in [0.25, 0.3) is 32.6 Å². The summed E-state index contributed by atoms with van der Waals surface area (Å²) in [6, 6.07) is 25.9. The Morgan fingerprint density at radius 3 is 2.38 bits per heavy atom. The monoisotopic (exact) mass is 568 g/mol. The van der Waals surface area contributed by atoms with Crippen molar-refractivity contribution < 1.29 is 9.53 Å². The second-order valence-corrected chi connectivity index (χ2v) is 11.3. The predicted octanol–water partition coefficient (Wildman–Crippen LogP) is 7.15. The number of anilines is 2. The van der Waals surface area contributed by atoms with Crippen molar-refractivity contribution in [2.45, 2.75) is 6.92 Å². The zero-order valence-electron chi connectivity index (χ0n) is 22.4. The van der Waals surface area contributed by atoms with Crippen LogP contribution in [-0.4, -0.2) is 49.1 Å². The number of ether oxygens (including phenoxy) is 1. The molecule has 1 aliphatic heterocycles.